The summed E-state index contributed by atoms with van der Waals surface area (Å²) in [5, 5.41) is 0. The predicted molar refractivity (Wildman–Crippen MR) is 72.4 cm³/mol. The van der Waals surface area contributed by atoms with Crippen LogP contribution in [-0.2, 0) is 19.6 Å². The van der Waals surface area contributed by atoms with Crippen LogP contribution in [-0.4, -0.2) is 50.6 Å². The van der Waals surface area contributed by atoms with Gasteiger partial charge in [0.1, 0.15) is 5.78 Å². The Morgan fingerprint density at radius 2 is 2.05 bits per heavy atom. The average Bonchev–Trinajstić information content (AvgIpc) is 2.80. The zero-order valence-electron chi connectivity index (χ0n) is 11.5. The fraction of sp³-hybridized carbons (Fsp3) is 0.923. The van der Waals surface area contributed by atoms with Crippen molar-refractivity contribution in [3.63, 3.8) is 0 Å². The van der Waals surface area contributed by atoms with Gasteiger partial charge in [-0.15, -0.1) is 0 Å². The summed E-state index contributed by atoms with van der Waals surface area (Å²) < 4.78 is 30.0. The van der Waals surface area contributed by atoms with Gasteiger partial charge in [0.05, 0.1) is 12.4 Å². The third-order valence-corrected chi connectivity index (χ3v) is 5.22. The molecule has 0 aromatic carbocycles. The fourth-order valence-electron chi connectivity index (χ4n) is 2.96. The molecule has 2 unspecified atom stereocenters. The van der Waals surface area contributed by atoms with Gasteiger partial charge >= 0.3 is 0 Å². The Hall–Kier alpha value is -0.460. The third kappa shape index (κ3) is 4.54. The number of Topliss-reactive ketones (excluding diaryl/α,β-unsaturated/α-hetero) is 1. The molecule has 0 aromatic rings. The highest BCUT2D eigenvalue weighted by atomic mass is 32.2. The van der Waals surface area contributed by atoms with E-state index in [4.69, 9.17) is 4.74 Å². The first-order valence-corrected chi connectivity index (χ1v) is 8.88. The van der Waals surface area contributed by atoms with Crippen LogP contribution in [0.2, 0.25) is 0 Å². The average molecular weight is 289 g/mol. The number of hydrogen-bond acceptors (Lipinski definition) is 4. The summed E-state index contributed by atoms with van der Waals surface area (Å²) in [6.07, 6.45) is 6.15. The highest BCUT2D eigenvalue weighted by Crippen LogP contribution is 2.24. The number of nitrogens with zero attached hydrogens (tertiary/aromatic N) is 1. The number of carbonyl (C=O) groups excluding carboxylic acids is 1. The normalized spacial score (nSPS) is 29.5. The minimum absolute atomic E-state index is 0.0992. The molecule has 2 saturated heterocycles. The molecule has 19 heavy (non-hydrogen) atoms. The summed E-state index contributed by atoms with van der Waals surface area (Å²) in [5.74, 6) is 0.393. The molecule has 0 radical (unpaired) electrons. The van der Waals surface area contributed by atoms with E-state index in [9.17, 15) is 13.2 Å². The lowest BCUT2D eigenvalue weighted by molar-refractivity contribution is -0.122. The molecule has 110 valence electrons. The Bertz CT molecular complexity index is 414. The third-order valence-electron chi connectivity index (χ3n) is 3.95. The van der Waals surface area contributed by atoms with E-state index in [2.05, 4.69) is 0 Å². The second-order valence-electron chi connectivity index (χ2n) is 5.71. The van der Waals surface area contributed by atoms with Crippen molar-refractivity contribution in [2.75, 3.05) is 26.0 Å². The highest BCUT2D eigenvalue weighted by molar-refractivity contribution is 7.88. The molecule has 2 heterocycles. The van der Waals surface area contributed by atoms with Crippen LogP contribution in [0.5, 0.6) is 0 Å². The highest BCUT2D eigenvalue weighted by Gasteiger charge is 2.28. The van der Waals surface area contributed by atoms with E-state index < -0.39 is 10.0 Å². The van der Waals surface area contributed by atoms with Gasteiger partial charge in [0.2, 0.25) is 10.0 Å². The van der Waals surface area contributed by atoms with E-state index in [1.807, 2.05) is 0 Å². The van der Waals surface area contributed by atoms with Crippen LogP contribution in [0.15, 0.2) is 0 Å². The lowest BCUT2D eigenvalue weighted by Gasteiger charge is -2.30. The molecule has 2 fully saturated rings. The zero-order chi connectivity index (χ0) is 13.9. The second-order valence-corrected chi connectivity index (χ2v) is 7.69. The topological polar surface area (TPSA) is 63.7 Å². The zero-order valence-corrected chi connectivity index (χ0v) is 12.3. The first-order valence-electron chi connectivity index (χ1n) is 7.03. The van der Waals surface area contributed by atoms with E-state index in [1.165, 1.54) is 10.6 Å². The first kappa shape index (κ1) is 14.9. The quantitative estimate of drug-likeness (QED) is 0.762. The van der Waals surface area contributed by atoms with Gasteiger partial charge in [-0.3, -0.25) is 4.79 Å². The van der Waals surface area contributed by atoms with Gasteiger partial charge in [-0.2, -0.15) is 0 Å². The van der Waals surface area contributed by atoms with Crippen molar-refractivity contribution in [2.24, 2.45) is 5.92 Å². The number of rotatable bonds is 5. The maximum absolute atomic E-state index is 12.0. The summed E-state index contributed by atoms with van der Waals surface area (Å²) in [6, 6.07) is 0. The van der Waals surface area contributed by atoms with Gasteiger partial charge in [-0.25, -0.2) is 12.7 Å². The second kappa shape index (κ2) is 6.33. The Balaban J connectivity index is 1.79. The number of hydrogen-bond donors (Lipinski definition) is 0. The molecule has 5 nitrogen and oxygen atoms in total. The summed E-state index contributed by atoms with van der Waals surface area (Å²) in [4.78, 5) is 12.0. The number of ether oxygens (including phenoxy) is 1. The van der Waals surface area contributed by atoms with Gasteiger partial charge in [0, 0.05) is 32.5 Å². The molecule has 0 aromatic heterocycles. The molecule has 2 atom stereocenters. The van der Waals surface area contributed by atoms with Crippen LogP contribution in [0.25, 0.3) is 0 Å². The maximum Gasteiger partial charge on any atom is 0.211 e. The monoisotopic (exact) mass is 289 g/mol. The molecular weight excluding hydrogens is 266 g/mol. The molecule has 2 aliphatic heterocycles. The van der Waals surface area contributed by atoms with Gasteiger partial charge in [0.15, 0.2) is 0 Å². The van der Waals surface area contributed by atoms with Crippen molar-refractivity contribution in [2.45, 2.75) is 44.6 Å². The van der Waals surface area contributed by atoms with Crippen LogP contribution in [0.4, 0.5) is 0 Å². The summed E-state index contributed by atoms with van der Waals surface area (Å²) >= 11 is 0. The molecule has 2 rings (SSSR count). The van der Waals surface area contributed by atoms with E-state index in [0.29, 0.717) is 25.9 Å². The van der Waals surface area contributed by atoms with Gasteiger partial charge in [0.25, 0.3) is 0 Å². The minimum atomic E-state index is -3.12. The van der Waals surface area contributed by atoms with Crippen molar-refractivity contribution in [1.29, 1.82) is 0 Å². The Morgan fingerprint density at radius 1 is 1.26 bits per heavy atom. The summed E-state index contributed by atoms with van der Waals surface area (Å²) in [5.41, 5.74) is 0. The fourth-order valence-corrected chi connectivity index (χ4v) is 3.90. The summed E-state index contributed by atoms with van der Waals surface area (Å²) in [7, 11) is -3.12. The Morgan fingerprint density at radius 3 is 2.68 bits per heavy atom. The van der Waals surface area contributed by atoms with Gasteiger partial charge < -0.3 is 4.74 Å². The molecule has 6 heteroatoms. The molecule has 0 spiro atoms. The first-order chi connectivity index (χ1) is 8.95. The molecule has 2 aliphatic rings. The Labute approximate surface area is 115 Å². The SMILES string of the molecule is CS(=O)(=O)N1CCCC(CC(=O)CC2CCCO2)C1. The maximum atomic E-state index is 12.0. The number of ketones is 1. The lowest BCUT2D eigenvalue weighted by Crippen LogP contribution is -2.39. The number of sulfonamides is 1. The van der Waals surface area contributed by atoms with Gasteiger partial charge in [-0.1, -0.05) is 0 Å². The smallest absolute Gasteiger partial charge is 0.211 e. The molecular formula is C13H23NO4S. The Kier molecular flexibility index (Phi) is 4.97. The van der Waals surface area contributed by atoms with Crippen molar-refractivity contribution in [3.05, 3.63) is 0 Å². The van der Waals surface area contributed by atoms with Crippen LogP contribution in [0.1, 0.15) is 38.5 Å². The summed E-state index contributed by atoms with van der Waals surface area (Å²) in [6.45, 7) is 1.86. The van der Waals surface area contributed by atoms with Crippen molar-refractivity contribution < 1.29 is 17.9 Å². The van der Waals surface area contributed by atoms with E-state index in [-0.39, 0.29) is 17.8 Å². The van der Waals surface area contributed by atoms with Crippen LogP contribution in [0.3, 0.4) is 0 Å². The predicted octanol–water partition coefficient (Wildman–Crippen LogP) is 1.19. The number of carbonyl (C=O) groups is 1. The van der Waals surface area contributed by atoms with E-state index >= 15 is 0 Å². The van der Waals surface area contributed by atoms with E-state index in [0.717, 1.165) is 32.3 Å². The van der Waals surface area contributed by atoms with Crippen molar-refractivity contribution in [1.82, 2.24) is 4.31 Å². The largest absolute Gasteiger partial charge is 0.378 e. The minimum Gasteiger partial charge on any atom is -0.378 e. The van der Waals surface area contributed by atoms with Crippen LogP contribution in [0, 0.1) is 5.92 Å². The lowest BCUT2D eigenvalue weighted by atomic mass is 9.92. The van der Waals surface area contributed by atoms with Crippen LogP contribution >= 0.6 is 0 Å². The molecule has 0 N–H and O–H groups in total. The standard InChI is InChI=1S/C13H23NO4S/c1-19(16,17)14-6-2-4-11(10-14)8-12(15)9-13-5-3-7-18-13/h11,13H,2-10H2,1H3. The molecule has 0 amide bonds. The van der Waals surface area contributed by atoms with Crippen molar-refractivity contribution >= 4 is 15.8 Å². The molecule has 0 bridgehead atoms. The molecule has 0 aliphatic carbocycles. The van der Waals surface area contributed by atoms with E-state index in [1.54, 1.807) is 0 Å². The molecule has 0 saturated carbocycles. The number of piperidine rings is 1. The van der Waals surface area contributed by atoms with Gasteiger partial charge in [-0.05, 0) is 31.6 Å². The van der Waals surface area contributed by atoms with Crippen molar-refractivity contribution in [3.8, 4) is 0 Å². The van der Waals surface area contributed by atoms with Crippen LogP contribution < -0.4 is 0 Å².